The van der Waals surface area contributed by atoms with Gasteiger partial charge in [-0.1, -0.05) is 0 Å². The van der Waals surface area contributed by atoms with E-state index < -0.39 is 17.6 Å². The lowest BCUT2D eigenvalue weighted by Gasteiger charge is -2.28. The van der Waals surface area contributed by atoms with Crippen molar-refractivity contribution >= 4 is 17.6 Å². The Bertz CT molecular complexity index is 413. The Morgan fingerprint density at radius 1 is 0.645 bits per heavy atom. The molecule has 0 aliphatic rings. The molecule has 1 unspecified atom stereocenters. The molecule has 0 aromatic rings. The Kier molecular flexibility index (Phi) is 17.6. The summed E-state index contributed by atoms with van der Waals surface area (Å²) in [6.07, 6.45) is 4.08. The van der Waals surface area contributed by atoms with Crippen LogP contribution in [0, 0.1) is 0 Å². The second kappa shape index (κ2) is 17.5. The fraction of sp³-hybridized carbons (Fsp3) is 1.00. The van der Waals surface area contributed by atoms with Crippen LogP contribution in [0.2, 0.25) is 12.1 Å². The summed E-state index contributed by atoms with van der Waals surface area (Å²) in [6, 6.07) is 1.85. The quantitative estimate of drug-likeness (QED) is 0.246. The highest BCUT2D eigenvalue weighted by atomic mass is 28.4. The lowest BCUT2D eigenvalue weighted by atomic mass is 10.2. The Balaban J connectivity index is 4.40. The van der Waals surface area contributed by atoms with Gasteiger partial charge in [0, 0.05) is 60.8 Å². The number of hydrogen-bond acceptors (Lipinski definition) is 9. The molecule has 0 aliphatic heterocycles. The fourth-order valence-corrected chi connectivity index (χ4v) is 7.00. The first-order valence-electron chi connectivity index (χ1n) is 11.2. The minimum atomic E-state index is -2.51. The maximum Gasteiger partial charge on any atom is 0.500 e. The van der Waals surface area contributed by atoms with Crippen molar-refractivity contribution < 1.29 is 26.6 Å². The molecule has 9 nitrogen and oxygen atoms in total. The second-order valence-corrected chi connectivity index (χ2v) is 14.2. The molecule has 0 amide bonds. The van der Waals surface area contributed by atoms with Crippen LogP contribution in [0.3, 0.4) is 0 Å². The SMILES string of the molecule is CO[Si](CCCN(C)CCCN(CCC[Si](OC)(OC)OC)CCC(C)N)(OC)OC. The van der Waals surface area contributed by atoms with E-state index in [1.165, 1.54) is 0 Å². The summed E-state index contributed by atoms with van der Waals surface area (Å²) in [4.78, 5) is 4.86. The van der Waals surface area contributed by atoms with Crippen LogP contribution in [0.4, 0.5) is 0 Å². The summed E-state index contributed by atoms with van der Waals surface area (Å²) < 4.78 is 33.1. The van der Waals surface area contributed by atoms with Gasteiger partial charge in [0.05, 0.1) is 0 Å². The molecule has 0 aliphatic carbocycles. The molecule has 11 heteroatoms. The van der Waals surface area contributed by atoms with E-state index in [-0.39, 0.29) is 6.04 Å². The predicted octanol–water partition coefficient (Wildman–Crippen LogP) is 1.88. The molecule has 0 spiro atoms. The van der Waals surface area contributed by atoms with Gasteiger partial charge in [-0.05, 0) is 72.4 Å². The van der Waals surface area contributed by atoms with Gasteiger partial charge in [-0.15, -0.1) is 0 Å². The summed E-state index contributed by atoms with van der Waals surface area (Å²) in [7, 11) is 7.19. The average Bonchev–Trinajstić information content (AvgIpc) is 2.78. The Morgan fingerprint density at radius 2 is 1.03 bits per heavy atom. The Labute approximate surface area is 193 Å². The standard InChI is InChI=1S/C20H49N3O6Si2/c1-20(21)12-17-23(16-11-19-31(27-6,28-7)29-8)15-9-13-22(2)14-10-18-30(24-3,25-4)26-5/h20H,9-19,21H2,1-8H3. The van der Waals surface area contributed by atoms with E-state index in [0.717, 1.165) is 70.5 Å². The van der Waals surface area contributed by atoms with Crippen molar-refractivity contribution in [2.75, 3.05) is 82.4 Å². The van der Waals surface area contributed by atoms with Crippen LogP contribution in [-0.4, -0.2) is 116 Å². The zero-order chi connectivity index (χ0) is 23.8. The van der Waals surface area contributed by atoms with Gasteiger partial charge in [-0.2, -0.15) is 0 Å². The smallest absolute Gasteiger partial charge is 0.377 e. The van der Waals surface area contributed by atoms with Crippen LogP contribution in [0.15, 0.2) is 0 Å². The molecular formula is C20H49N3O6Si2. The Hall–Kier alpha value is 0.0738. The van der Waals surface area contributed by atoms with Gasteiger partial charge in [0.15, 0.2) is 0 Å². The minimum absolute atomic E-state index is 0.211. The average molecular weight is 484 g/mol. The first kappa shape index (κ1) is 31.1. The molecule has 0 saturated carbocycles. The van der Waals surface area contributed by atoms with Gasteiger partial charge in [0.1, 0.15) is 0 Å². The van der Waals surface area contributed by atoms with Crippen LogP contribution >= 0.6 is 0 Å². The first-order valence-corrected chi connectivity index (χ1v) is 15.1. The maximum atomic E-state index is 5.99. The van der Waals surface area contributed by atoms with E-state index in [2.05, 4.69) is 23.8 Å². The third-order valence-electron chi connectivity index (χ3n) is 5.76. The van der Waals surface area contributed by atoms with E-state index in [1.807, 2.05) is 0 Å². The van der Waals surface area contributed by atoms with Crippen molar-refractivity contribution in [2.45, 2.75) is 50.7 Å². The molecule has 31 heavy (non-hydrogen) atoms. The molecular weight excluding hydrogens is 434 g/mol. The second-order valence-electron chi connectivity index (χ2n) is 8.06. The van der Waals surface area contributed by atoms with Gasteiger partial charge < -0.3 is 42.1 Å². The van der Waals surface area contributed by atoms with Crippen molar-refractivity contribution in [1.29, 1.82) is 0 Å². The molecule has 0 aromatic heterocycles. The summed E-state index contributed by atoms with van der Waals surface area (Å²) in [6.45, 7) is 7.15. The number of rotatable bonds is 21. The normalized spacial score (nSPS) is 14.0. The maximum absolute atomic E-state index is 5.99. The van der Waals surface area contributed by atoms with E-state index in [1.54, 1.807) is 42.7 Å². The van der Waals surface area contributed by atoms with Crippen molar-refractivity contribution in [1.82, 2.24) is 9.80 Å². The van der Waals surface area contributed by atoms with E-state index in [0.29, 0.717) is 0 Å². The molecule has 188 valence electrons. The highest BCUT2D eigenvalue weighted by Gasteiger charge is 2.37. The van der Waals surface area contributed by atoms with Crippen molar-refractivity contribution in [3.05, 3.63) is 0 Å². The van der Waals surface area contributed by atoms with Gasteiger partial charge in [0.25, 0.3) is 0 Å². The largest absolute Gasteiger partial charge is 0.500 e. The van der Waals surface area contributed by atoms with Crippen LogP contribution < -0.4 is 5.73 Å². The summed E-state index contributed by atoms with van der Waals surface area (Å²) in [5, 5.41) is 0. The Morgan fingerprint density at radius 3 is 1.45 bits per heavy atom. The van der Waals surface area contributed by atoms with E-state index >= 15 is 0 Å². The molecule has 0 bridgehead atoms. The minimum Gasteiger partial charge on any atom is -0.377 e. The van der Waals surface area contributed by atoms with Crippen molar-refractivity contribution in [3.63, 3.8) is 0 Å². The van der Waals surface area contributed by atoms with Crippen LogP contribution in [0.1, 0.15) is 32.6 Å². The van der Waals surface area contributed by atoms with Crippen molar-refractivity contribution in [3.8, 4) is 0 Å². The third kappa shape index (κ3) is 12.8. The van der Waals surface area contributed by atoms with Gasteiger partial charge >= 0.3 is 17.6 Å². The summed E-state index contributed by atoms with van der Waals surface area (Å²) >= 11 is 0. The lowest BCUT2D eigenvalue weighted by molar-refractivity contribution is 0.121. The monoisotopic (exact) mass is 483 g/mol. The molecule has 0 aromatic carbocycles. The molecule has 2 N–H and O–H groups in total. The zero-order valence-electron chi connectivity index (χ0n) is 21.3. The van der Waals surface area contributed by atoms with Gasteiger partial charge in [-0.3, -0.25) is 0 Å². The topological polar surface area (TPSA) is 87.9 Å². The van der Waals surface area contributed by atoms with Gasteiger partial charge in [0.2, 0.25) is 0 Å². The fourth-order valence-electron chi connectivity index (χ4n) is 3.59. The van der Waals surface area contributed by atoms with Crippen LogP contribution in [0.25, 0.3) is 0 Å². The van der Waals surface area contributed by atoms with Crippen LogP contribution in [-0.2, 0) is 26.6 Å². The number of nitrogens with two attached hydrogens (primary N) is 1. The number of nitrogens with zero attached hydrogens (tertiary/aromatic N) is 2. The summed E-state index contributed by atoms with van der Waals surface area (Å²) in [5.74, 6) is 0. The third-order valence-corrected chi connectivity index (χ3v) is 11.4. The molecule has 0 saturated heterocycles. The summed E-state index contributed by atoms with van der Waals surface area (Å²) in [5.41, 5.74) is 5.99. The van der Waals surface area contributed by atoms with E-state index in [4.69, 9.17) is 32.3 Å². The number of hydrogen-bond donors (Lipinski definition) is 1. The lowest BCUT2D eigenvalue weighted by Crippen LogP contribution is -2.43. The highest BCUT2D eigenvalue weighted by molar-refractivity contribution is 6.60. The first-order chi connectivity index (χ1) is 14.8. The van der Waals surface area contributed by atoms with E-state index in [9.17, 15) is 0 Å². The molecule has 1 atom stereocenters. The van der Waals surface area contributed by atoms with Crippen molar-refractivity contribution in [2.24, 2.45) is 5.73 Å². The van der Waals surface area contributed by atoms with Crippen LogP contribution in [0.5, 0.6) is 0 Å². The zero-order valence-corrected chi connectivity index (χ0v) is 23.3. The predicted molar refractivity (Wildman–Crippen MR) is 129 cm³/mol. The molecule has 0 heterocycles. The molecule has 0 radical (unpaired) electrons. The molecule has 0 rings (SSSR count). The molecule has 0 fully saturated rings. The van der Waals surface area contributed by atoms with Gasteiger partial charge in [-0.25, -0.2) is 0 Å². The highest BCUT2D eigenvalue weighted by Crippen LogP contribution is 2.16.